The first-order chi connectivity index (χ1) is 20.6. The third kappa shape index (κ3) is 6.97. The number of ether oxygens (including phenoxy) is 3. The number of fused-ring (bicyclic) bond motifs is 1. The number of morpholine rings is 1. The Morgan fingerprint density at radius 2 is 1.86 bits per heavy atom. The SMILES string of the molecule is COc1cc2ncnc(Nc3cccc(-c4cn(Cc5ccc(I)cc5)nn4)c3)c2cc1OCCCN1CCOCC1. The number of benzene rings is 3. The Labute approximate surface area is 258 Å². The molecule has 1 fully saturated rings. The van der Waals surface area contributed by atoms with Crippen molar-refractivity contribution in [2.75, 3.05) is 51.9 Å². The Kier molecular flexibility index (Phi) is 9.06. The van der Waals surface area contributed by atoms with Crippen LogP contribution in [-0.2, 0) is 11.3 Å². The Hall–Kier alpha value is -3.81. The molecule has 0 saturated carbocycles. The molecule has 0 amide bonds. The van der Waals surface area contributed by atoms with Crippen LogP contribution in [0, 0.1) is 3.57 Å². The summed E-state index contributed by atoms with van der Waals surface area (Å²) in [6, 6.07) is 20.3. The van der Waals surface area contributed by atoms with E-state index in [0.29, 0.717) is 30.5 Å². The van der Waals surface area contributed by atoms with Crippen LogP contribution in [-0.4, -0.2) is 76.4 Å². The van der Waals surface area contributed by atoms with Crippen LogP contribution in [0.3, 0.4) is 0 Å². The lowest BCUT2D eigenvalue weighted by atomic mass is 10.1. The maximum absolute atomic E-state index is 6.18. The van der Waals surface area contributed by atoms with Crippen LogP contribution >= 0.6 is 22.6 Å². The summed E-state index contributed by atoms with van der Waals surface area (Å²) in [6.07, 6.45) is 4.43. The molecule has 2 aromatic heterocycles. The quantitative estimate of drug-likeness (QED) is 0.146. The molecule has 0 radical (unpaired) electrons. The molecule has 1 aliphatic rings. The van der Waals surface area contributed by atoms with E-state index in [4.69, 9.17) is 14.2 Å². The highest BCUT2D eigenvalue weighted by Gasteiger charge is 2.14. The summed E-state index contributed by atoms with van der Waals surface area (Å²) >= 11 is 2.31. The summed E-state index contributed by atoms with van der Waals surface area (Å²) in [5, 5.41) is 13.1. The first-order valence-corrected chi connectivity index (χ1v) is 15.0. The molecule has 42 heavy (non-hydrogen) atoms. The van der Waals surface area contributed by atoms with Crippen molar-refractivity contribution < 1.29 is 14.2 Å². The van der Waals surface area contributed by atoms with Gasteiger partial charge >= 0.3 is 0 Å². The molecular weight excluding hydrogens is 645 g/mol. The van der Waals surface area contributed by atoms with E-state index in [0.717, 1.165) is 67.1 Å². The number of aromatic nitrogens is 5. The van der Waals surface area contributed by atoms with E-state index in [1.54, 1.807) is 13.4 Å². The van der Waals surface area contributed by atoms with Gasteiger partial charge in [-0.1, -0.05) is 29.5 Å². The van der Waals surface area contributed by atoms with Crippen LogP contribution in [0.5, 0.6) is 11.5 Å². The van der Waals surface area contributed by atoms with Crippen LogP contribution in [0.25, 0.3) is 22.2 Å². The van der Waals surface area contributed by atoms with Crippen LogP contribution in [0.2, 0.25) is 0 Å². The molecular formula is C31H32IN7O3. The molecule has 0 aliphatic carbocycles. The van der Waals surface area contributed by atoms with Crippen LogP contribution in [0.15, 0.2) is 73.2 Å². The minimum atomic E-state index is 0.585. The number of methoxy groups -OCH3 is 1. The lowest BCUT2D eigenvalue weighted by molar-refractivity contribution is 0.0357. The number of nitrogens with zero attached hydrogens (tertiary/aromatic N) is 6. The van der Waals surface area contributed by atoms with E-state index in [1.165, 1.54) is 9.13 Å². The monoisotopic (exact) mass is 677 g/mol. The van der Waals surface area contributed by atoms with Crippen molar-refractivity contribution in [1.82, 2.24) is 29.9 Å². The molecule has 0 atom stereocenters. The van der Waals surface area contributed by atoms with E-state index < -0.39 is 0 Å². The average molecular weight is 678 g/mol. The minimum Gasteiger partial charge on any atom is -0.493 e. The molecule has 0 unspecified atom stereocenters. The van der Waals surface area contributed by atoms with E-state index in [1.807, 2.05) is 47.3 Å². The van der Waals surface area contributed by atoms with Crippen molar-refractivity contribution in [1.29, 1.82) is 0 Å². The molecule has 1 N–H and O–H groups in total. The standard InChI is InChI=1S/C31H32IN7O3/c1-40-29-18-27-26(17-30(29)42-13-3-10-38-11-14-41-15-12-38)31(34-21-33-27)35-25-5-2-4-23(16-25)28-20-39(37-36-28)19-22-6-8-24(32)9-7-22/h2,4-9,16-18,20-21H,3,10-15,19H2,1H3,(H,33,34,35). The maximum atomic E-state index is 6.18. The van der Waals surface area contributed by atoms with Gasteiger partial charge in [-0.25, -0.2) is 14.6 Å². The zero-order valence-electron chi connectivity index (χ0n) is 23.4. The number of hydrogen-bond acceptors (Lipinski definition) is 9. The van der Waals surface area contributed by atoms with Crippen molar-refractivity contribution in [2.45, 2.75) is 13.0 Å². The minimum absolute atomic E-state index is 0.585. The second-order valence-corrected chi connectivity index (χ2v) is 11.3. The molecule has 0 bridgehead atoms. The Bertz CT molecular complexity index is 1640. The van der Waals surface area contributed by atoms with E-state index in [-0.39, 0.29) is 0 Å². The fourth-order valence-electron chi connectivity index (χ4n) is 4.91. The summed E-state index contributed by atoms with van der Waals surface area (Å²) in [4.78, 5) is 11.4. The van der Waals surface area contributed by atoms with Gasteiger partial charge in [-0.2, -0.15) is 0 Å². The van der Waals surface area contributed by atoms with Gasteiger partial charge < -0.3 is 19.5 Å². The van der Waals surface area contributed by atoms with Gasteiger partial charge in [0.15, 0.2) is 11.5 Å². The van der Waals surface area contributed by atoms with Crippen molar-refractivity contribution in [3.8, 4) is 22.8 Å². The molecule has 1 saturated heterocycles. The smallest absolute Gasteiger partial charge is 0.162 e. The van der Waals surface area contributed by atoms with Crippen molar-refractivity contribution in [3.63, 3.8) is 0 Å². The van der Waals surface area contributed by atoms with Crippen LogP contribution < -0.4 is 14.8 Å². The van der Waals surface area contributed by atoms with E-state index in [2.05, 4.69) is 77.4 Å². The molecule has 11 heteroatoms. The van der Waals surface area contributed by atoms with Gasteiger partial charge in [-0.05, 0) is 64.9 Å². The first kappa shape index (κ1) is 28.3. The number of nitrogens with one attached hydrogen (secondary N) is 1. The molecule has 10 nitrogen and oxygen atoms in total. The van der Waals surface area contributed by atoms with Gasteiger partial charge in [0.25, 0.3) is 0 Å². The summed E-state index contributed by atoms with van der Waals surface area (Å²) in [6.45, 7) is 5.76. The zero-order chi connectivity index (χ0) is 28.7. The Morgan fingerprint density at radius 1 is 1.00 bits per heavy atom. The molecule has 3 heterocycles. The second-order valence-electron chi connectivity index (χ2n) is 10.0. The maximum Gasteiger partial charge on any atom is 0.162 e. The van der Waals surface area contributed by atoms with Gasteiger partial charge in [-0.3, -0.25) is 4.90 Å². The summed E-state index contributed by atoms with van der Waals surface area (Å²) in [7, 11) is 1.64. The molecule has 3 aromatic carbocycles. The van der Waals surface area contributed by atoms with Gasteiger partial charge in [0.05, 0.1) is 45.2 Å². The summed E-state index contributed by atoms with van der Waals surface area (Å²) in [5.74, 6) is 2.00. The fraction of sp³-hybridized carbons (Fsp3) is 0.290. The van der Waals surface area contributed by atoms with Gasteiger partial charge in [0.1, 0.15) is 17.8 Å². The zero-order valence-corrected chi connectivity index (χ0v) is 25.5. The number of halogens is 1. The van der Waals surface area contributed by atoms with Crippen molar-refractivity contribution in [2.24, 2.45) is 0 Å². The molecule has 5 aromatic rings. The average Bonchev–Trinajstić information content (AvgIpc) is 3.49. The first-order valence-electron chi connectivity index (χ1n) is 13.9. The largest absolute Gasteiger partial charge is 0.493 e. The highest BCUT2D eigenvalue weighted by molar-refractivity contribution is 14.1. The summed E-state index contributed by atoms with van der Waals surface area (Å²) < 4.78 is 20.3. The number of rotatable bonds is 11. The van der Waals surface area contributed by atoms with Gasteiger partial charge in [-0.15, -0.1) is 5.10 Å². The summed E-state index contributed by atoms with van der Waals surface area (Å²) in [5.41, 5.74) is 4.57. The molecule has 6 rings (SSSR count). The van der Waals surface area contributed by atoms with Crippen molar-refractivity contribution >= 4 is 45.0 Å². The fourth-order valence-corrected chi connectivity index (χ4v) is 5.27. The lowest BCUT2D eigenvalue weighted by Crippen LogP contribution is -2.37. The third-order valence-corrected chi connectivity index (χ3v) is 7.84. The predicted molar refractivity (Wildman–Crippen MR) is 170 cm³/mol. The van der Waals surface area contributed by atoms with E-state index >= 15 is 0 Å². The lowest BCUT2D eigenvalue weighted by Gasteiger charge is -2.26. The second kappa shape index (κ2) is 13.4. The third-order valence-electron chi connectivity index (χ3n) is 7.12. The molecule has 1 aliphatic heterocycles. The van der Waals surface area contributed by atoms with E-state index in [9.17, 15) is 0 Å². The highest BCUT2D eigenvalue weighted by atomic mass is 127. The predicted octanol–water partition coefficient (Wildman–Crippen LogP) is 5.39. The molecule has 0 spiro atoms. The molecule has 216 valence electrons. The van der Waals surface area contributed by atoms with Gasteiger partial charge in [0, 0.05) is 45.9 Å². The van der Waals surface area contributed by atoms with Crippen LogP contribution in [0.1, 0.15) is 12.0 Å². The number of hydrogen-bond donors (Lipinski definition) is 1. The Balaban J connectivity index is 1.17. The van der Waals surface area contributed by atoms with Crippen LogP contribution in [0.4, 0.5) is 11.5 Å². The number of anilines is 2. The normalized spacial score (nSPS) is 13.8. The van der Waals surface area contributed by atoms with Crippen molar-refractivity contribution in [3.05, 3.63) is 82.3 Å². The Morgan fingerprint density at radius 3 is 2.69 bits per heavy atom. The highest BCUT2D eigenvalue weighted by Crippen LogP contribution is 2.35. The topological polar surface area (TPSA) is 99.5 Å². The van der Waals surface area contributed by atoms with Gasteiger partial charge in [0.2, 0.25) is 0 Å².